The van der Waals surface area contributed by atoms with Gasteiger partial charge in [0.25, 0.3) is 0 Å². The monoisotopic (exact) mass is 387 g/mol. The van der Waals surface area contributed by atoms with E-state index in [2.05, 4.69) is 26.1 Å². The zero-order valence-electron chi connectivity index (χ0n) is 12.9. The Kier molecular flexibility index (Phi) is 5.63. The van der Waals surface area contributed by atoms with E-state index in [1.54, 1.807) is 22.8 Å². The molecule has 0 saturated carbocycles. The maximum atomic E-state index is 12.2. The van der Waals surface area contributed by atoms with Crippen LogP contribution in [0.1, 0.15) is 24.7 Å². The lowest BCUT2D eigenvalue weighted by molar-refractivity contribution is -0.130. The van der Waals surface area contributed by atoms with Crippen LogP contribution < -0.4 is 0 Å². The zero-order valence-corrected chi connectivity index (χ0v) is 15.2. The van der Waals surface area contributed by atoms with Gasteiger partial charge in [-0.2, -0.15) is 10.2 Å². The van der Waals surface area contributed by atoms with Crippen molar-refractivity contribution >= 4 is 33.4 Å². The van der Waals surface area contributed by atoms with Gasteiger partial charge >= 0.3 is 0 Å². The smallest absolute Gasteiger partial charge is 0.224 e. The SMILES string of the molecule is CCn1cc(Br)c(CN(C)C(=O)CCn2ncc(Cl)c2C)n1. The molecule has 0 aliphatic rings. The fraction of sp³-hybridized carbons (Fsp3) is 0.500. The third-order valence-electron chi connectivity index (χ3n) is 3.50. The maximum Gasteiger partial charge on any atom is 0.224 e. The number of hydrogen-bond donors (Lipinski definition) is 0. The first-order chi connectivity index (χ1) is 10.4. The number of aryl methyl sites for hydroxylation is 2. The average molecular weight is 389 g/mol. The first-order valence-electron chi connectivity index (χ1n) is 7.06. The van der Waals surface area contributed by atoms with Crippen LogP contribution in [-0.4, -0.2) is 37.4 Å². The number of amides is 1. The Balaban J connectivity index is 1.91. The van der Waals surface area contributed by atoms with Crippen LogP contribution in [0.25, 0.3) is 0 Å². The molecule has 0 aliphatic carbocycles. The summed E-state index contributed by atoms with van der Waals surface area (Å²) in [4.78, 5) is 13.9. The third kappa shape index (κ3) is 3.89. The molecule has 0 aromatic carbocycles. The Morgan fingerprint density at radius 2 is 2.23 bits per heavy atom. The van der Waals surface area contributed by atoms with E-state index in [0.717, 1.165) is 22.4 Å². The molecule has 0 spiro atoms. The highest BCUT2D eigenvalue weighted by molar-refractivity contribution is 9.10. The summed E-state index contributed by atoms with van der Waals surface area (Å²) in [6.45, 7) is 5.71. The molecule has 0 saturated heterocycles. The molecule has 0 radical (unpaired) electrons. The van der Waals surface area contributed by atoms with E-state index < -0.39 is 0 Å². The molecule has 0 atom stereocenters. The van der Waals surface area contributed by atoms with Gasteiger partial charge in [0.2, 0.25) is 5.91 Å². The fourth-order valence-electron chi connectivity index (χ4n) is 2.06. The van der Waals surface area contributed by atoms with E-state index in [1.807, 2.05) is 24.7 Å². The van der Waals surface area contributed by atoms with Crippen LogP contribution in [0.4, 0.5) is 0 Å². The van der Waals surface area contributed by atoms with Gasteiger partial charge in [-0.25, -0.2) is 0 Å². The maximum absolute atomic E-state index is 12.2. The molecular weight excluding hydrogens is 370 g/mol. The van der Waals surface area contributed by atoms with Crippen molar-refractivity contribution in [1.82, 2.24) is 24.5 Å². The van der Waals surface area contributed by atoms with Crippen LogP contribution >= 0.6 is 27.5 Å². The Hall–Kier alpha value is -1.34. The number of hydrogen-bond acceptors (Lipinski definition) is 3. The third-order valence-corrected chi connectivity index (χ3v) is 4.54. The molecule has 6 nitrogen and oxygen atoms in total. The van der Waals surface area contributed by atoms with Gasteiger partial charge in [-0.05, 0) is 29.8 Å². The highest BCUT2D eigenvalue weighted by atomic mass is 79.9. The molecule has 22 heavy (non-hydrogen) atoms. The van der Waals surface area contributed by atoms with E-state index in [9.17, 15) is 4.79 Å². The largest absolute Gasteiger partial charge is 0.340 e. The van der Waals surface area contributed by atoms with Crippen molar-refractivity contribution in [3.8, 4) is 0 Å². The normalized spacial score (nSPS) is 11.0. The zero-order chi connectivity index (χ0) is 16.3. The molecule has 0 bridgehead atoms. The second-order valence-electron chi connectivity index (χ2n) is 5.08. The second-order valence-corrected chi connectivity index (χ2v) is 6.34. The molecule has 0 N–H and O–H groups in total. The average Bonchev–Trinajstić information content (AvgIpc) is 3.01. The molecular formula is C14H19BrClN5O. The topological polar surface area (TPSA) is 56.0 Å². The molecule has 0 unspecified atom stereocenters. The lowest BCUT2D eigenvalue weighted by atomic mass is 10.3. The fourth-order valence-corrected chi connectivity index (χ4v) is 2.64. The minimum atomic E-state index is 0.0453. The molecule has 2 aromatic rings. The molecule has 1 amide bonds. The van der Waals surface area contributed by atoms with E-state index >= 15 is 0 Å². The standard InChI is InChI=1S/C14H19BrClN5O/c1-4-20-8-11(15)13(18-20)9-19(3)14(22)5-6-21-10(2)12(16)7-17-21/h7-8H,4-6,9H2,1-3H3. The number of carbonyl (C=O) groups excluding carboxylic acids is 1. The van der Waals surface area contributed by atoms with Gasteiger partial charge in [0, 0.05) is 26.2 Å². The summed E-state index contributed by atoms with van der Waals surface area (Å²) in [6.07, 6.45) is 3.89. The summed E-state index contributed by atoms with van der Waals surface area (Å²) in [7, 11) is 1.78. The molecule has 8 heteroatoms. The Bertz CT molecular complexity index is 666. The molecule has 120 valence electrons. The van der Waals surface area contributed by atoms with Gasteiger partial charge in [0.15, 0.2) is 0 Å². The molecule has 0 aliphatic heterocycles. The van der Waals surface area contributed by atoms with Crippen LogP contribution in [-0.2, 0) is 24.4 Å². The number of aromatic nitrogens is 4. The Morgan fingerprint density at radius 3 is 2.77 bits per heavy atom. The van der Waals surface area contributed by atoms with Crippen molar-refractivity contribution in [2.24, 2.45) is 0 Å². The van der Waals surface area contributed by atoms with Gasteiger partial charge in [0.1, 0.15) is 0 Å². The van der Waals surface area contributed by atoms with Gasteiger partial charge in [-0.3, -0.25) is 14.2 Å². The van der Waals surface area contributed by atoms with Crippen LogP contribution in [0, 0.1) is 6.92 Å². The minimum absolute atomic E-state index is 0.0453. The van der Waals surface area contributed by atoms with Crippen molar-refractivity contribution < 1.29 is 4.79 Å². The lowest BCUT2D eigenvalue weighted by Gasteiger charge is -2.16. The summed E-state index contributed by atoms with van der Waals surface area (Å²) in [5.74, 6) is 0.0453. The van der Waals surface area contributed by atoms with E-state index in [-0.39, 0.29) is 5.91 Å². The predicted octanol–water partition coefficient (Wildman–Crippen LogP) is 2.87. The number of nitrogens with zero attached hydrogens (tertiary/aromatic N) is 5. The van der Waals surface area contributed by atoms with Crippen LogP contribution in [0.2, 0.25) is 5.02 Å². The van der Waals surface area contributed by atoms with E-state index in [4.69, 9.17) is 11.6 Å². The van der Waals surface area contributed by atoms with Crippen molar-refractivity contribution in [2.45, 2.75) is 39.9 Å². The summed E-state index contributed by atoms with van der Waals surface area (Å²) in [5.41, 5.74) is 1.73. The first kappa shape index (κ1) is 17.0. The molecule has 0 fully saturated rings. The van der Waals surface area contributed by atoms with Crippen molar-refractivity contribution in [2.75, 3.05) is 7.05 Å². The number of rotatable bonds is 6. The van der Waals surface area contributed by atoms with E-state index in [0.29, 0.717) is 24.5 Å². The lowest BCUT2D eigenvalue weighted by Crippen LogP contribution is -2.27. The Morgan fingerprint density at radius 1 is 1.50 bits per heavy atom. The molecule has 2 rings (SSSR count). The van der Waals surface area contributed by atoms with Crippen LogP contribution in [0.15, 0.2) is 16.9 Å². The van der Waals surface area contributed by atoms with Gasteiger partial charge < -0.3 is 4.90 Å². The van der Waals surface area contributed by atoms with Crippen molar-refractivity contribution in [1.29, 1.82) is 0 Å². The van der Waals surface area contributed by atoms with E-state index in [1.165, 1.54) is 0 Å². The molecule has 2 aromatic heterocycles. The van der Waals surface area contributed by atoms with Crippen molar-refractivity contribution in [3.05, 3.63) is 33.3 Å². The van der Waals surface area contributed by atoms with Crippen LogP contribution in [0.5, 0.6) is 0 Å². The Labute approximate surface area is 143 Å². The summed E-state index contributed by atoms with van der Waals surface area (Å²) in [6, 6.07) is 0. The highest BCUT2D eigenvalue weighted by Gasteiger charge is 2.14. The molecule has 2 heterocycles. The predicted molar refractivity (Wildman–Crippen MR) is 88.7 cm³/mol. The van der Waals surface area contributed by atoms with Crippen molar-refractivity contribution in [3.63, 3.8) is 0 Å². The highest BCUT2D eigenvalue weighted by Crippen LogP contribution is 2.17. The second kappa shape index (κ2) is 7.28. The van der Waals surface area contributed by atoms with Gasteiger partial charge in [0.05, 0.1) is 40.2 Å². The number of halogens is 2. The first-order valence-corrected chi connectivity index (χ1v) is 8.23. The van der Waals surface area contributed by atoms with Gasteiger partial charge in [-0.15, -0.1) is 0 Å². The summed E-state index contributed by atoms with van der Waals surface area (Å²) < 4.78 is 4.51. The summed E-state index contributed by atoms with van der Waals surface area (Å²) in [5, 5.41) is 9.20. The number of carbonyl (C=O) groups is 1. The quantitative estimate of drug-likeness (QED) is 0.764. The van der Waals surface area contributed by atoms with Crippen LogP contribution in [0.3, 0.4) is 0 Å². The minimum Gasteiger partial charge on any atom is -0.340 e. The summed E-state index contributed by atoms with van der Waals surface area (Å²) >= 11 is 9.43. The van der Waals surface area contributed by atoms with Gasteiger partial charge in [-0.1, -0.05) is 11.6 Å².